The van der Waals surface area contributed by atoms with E-state index in [0.717, 1.165) is 46.5 Å². The molecule has 1 atom stereocenters. The smallest absolute Gasteiger partial charge is 0.317 e. The first-order valence-electron chi connectivity index (χ1n) is 10.9. The number of hydrogen-bond acceptors (Lipinski definition) is 5. The zero-order valence-electron chi connectivity index (χ0n) is 17.6. The van der Waals surface area contributed by atoms with Crippen molar-refractivity contribution in [1.29, 1.82) is 0 Å². The van der Waals surface area contributed by atoms with Crippen LogP contribution in [0.1, 0.15) is 42.7 Å². The SMILES string of the molecule is COc1ccc(C2CNC(=O)N(Cc3cccc4n[nH]nc34)C2)cc1OC1CCCC1. The molecule has 2 heterocycles. The molecule has 8 heteroatoms. The van der Waals surface area contributed by atoms with E-state index < -0.39 is 0 Å². The van der Waals surface area contributed by atoms with Crippen LogP contribution in [0, 0.1) is 0 Å². The average Bonchev–Trinajstić information content (AvgIpc) is 3.48. The monoisotopic (exact) mass is 421 g/mol. The van der Waals surface area contributed by atoms with Crippen LogP contribution in [0.2, 0.25) is 0 Å². The molecule has 1 aliphatic carbocycles. The summed E-state index contributed by atoms with van der Waals surface area (Å²) in [6, 6.07) is 11.9. The van der Waals surface area contributed by atoms with Gasteiger partial charge in [-0.05, 0) is 49.4 Å². The zero-order valence-corrected chi connectivity index (χ0v) is 17.6. The Balaban J connectivity index is 1.35. The van der Waals surface area contributed by atoms with Gasteiger partial charge in [-0.25, -0.2) is 4.79 Å². The normalized spacial score (nSPS) is 19.6. The molecule has 8 nitrogen and oxygen atoms in total. The van der Waals surface area contributed by atoms with Crippen LogP contribution >= 0.6 is 0 Å². The molecule has 1 unspecified atom stereocenters. The number of H-pyrrole nitrogens is 1. The Hall–Kier alpha value is -3.29. The van der Waals surface area contributed by atoms with E-state index in [-0.39, 0.29) is 18.1 Å². The van der Waals surface area contributed by atoms with Crippen LogP contribution in [0.4, 0.5) is 4.79 Å². The number of nitrogens with one attached hydrogen (secondary N) is 2. The van der Waals surface area contributed by atoms with Gasteiger partial charge in [0.2, 0.25) is 0 Å². The maximum Gasteiger partial charge on any atom is 0.317 e. The highest BCUT2D eigenvalue weighted by molar-refractivity contribution is 5.79. The molecule has 2 fully saturated rings. The Morgan fingerprint density at radius 1 is 1.13 bits per heavy atom. The molecule has 31 heavy (non-hydrogen) atoms. The van der Waals surface area contributed by atoms with Gasteiger partial charge < -0.3 is 19.7 Å². The third-order valence-corrected chi connectivity index (χ3v) is 6.27. The third-order valence-electron chi connectivity index (χ3n) is 6.27. The van der Waals surface area contributed by atoms with Crippen LogP contribution in [0.3, 0.4) is 0 Å². The van der Waals surface area contributed by atoms with Gasteiger partial charge in [-0.15, -0.1) is 0 Å². The van der Waals surface area contributed by atoms with Crippen molar-refractivity contribution in [2.45, 2.75) is 44.2 Å². The van der Waals surface area contributed by atoms with Gasteiger partial charge in [-0.2, -0.15) is 15.4 Å². The molecule has 162 valence electrons. The number of hydrogen-bond donors (Lipinski definition) is 2. The van der Waals surface area contributed by atoms with Crippen LogP contribution in [-0.4, -0.2) is 52.6 Å². The standard InChI is InChI=1S/C23H27N5O3/c1-30-20-10-9-15(11-21(20)31-18-6-2-3-7-18)17-12-24-23(29)28(14-17)13-16-5-4-8-19-22(16)26-27-25-19/h4-5,8-11,17-18H,2-3,6-7,12-14H2,1H3,(H,24,29)(H,25,26,27). The van der Waals surface area contributed by atoms with Crippen LogP contribution in [0.15, 0.2) is 36.4 Å². The first-order valence-corrected chi connectivity index (χ1v) is 10.9. The fourth-order valence-electron chi connectivity index (χ4n) is 4.58. The summed E-state index contributed by atoms with van der Waals surface area (Å²) in [7, 11) is 1.67. The molecule has 0 spiro atoms. The molecule has 1 saturated heterocycles. The molecule has 2 N–H and O–H groups in total. The van der Waals surface area contributed by atoms with Crippen molar-refractivity contribution in [2.75, 3.05) is 20.2 Å². The molecular formula is C23H27N5O3. The summed E-state index contributed by atoms with van der Waals surface area (Å²) < 4.78 is 11.8. The summed E-state index contributed by atoms with van der Waals surface area (Å²) >= 11 is 0. The second-order valence-corrected chi connectivity index (χ2v) is 8.31. The first-order chi connectivity index (χ1) is 15.2. The van der Waals surface area contributed by atoms with Gasteiger partial charge in [0.05, 0.1) is 13.2 Å². The van der Waals surface area contributed by atoms with E-state index in [9.17, 15) is 4.79 Å². The number of para-hydroxylation sites is 1. The number of aromatic amines is 1. The summed E-state index contributed by atoms with van der Waals surface area (Å²) in [4.78, 5) is 14.4. The lowest BCUT2D eigenvalue weighted by Gasteiger charge is -2.34. The largest absolute Gasteiger partial charge is 0.493 e. The molecule has 2 aromatic carbocycles. The number of aromatic nitrogens is 3. The Morgan fingerprint density at radius 2 is 2.00 bits per heavy atom. The maximum atomic E-state index is 12.6. The van der Waals surface area contributed by atoms with Crippen LogP contribution in [0.25, 0.3) is 11.0 Å². The molecule has 1 saturated carbocycles. The molecule has 1 aromatic heterocycles. The lowest BCUT2D eigenvalue weighted by atomic mass is 9.96. The third kappa shape index (κ3) is 4.02. The number of methoxy groups -OCH3 is 1. The van der Waals surface area contributed by atoms with E-state index in [0.29, 0.717) is 19.6 Å². The summed E-state index contributed by atoms with van der Waals surface area (Å²) in [6.07, 6.45) is 4.88. The summed E-state index contributed by atoms with van der Waals surface area (Å²) in [5.41, 5.74) is 3.71. The quantitative estimate of drug-likeness (QED) is 0.635. The number of amides is 2. The fraction of sp³-hybridized carbons (Fsp3) is 0.435. The van der Waals surface area contributed by atoms with Crippen LogP contribution in [0.5, 0.6) is 11.5 Å². The molecule has 3 aromatic rings. The van der Waals surface area contributed by atoms with Gasteiger partial charge in [0.25, 0.3) is 0 Å². The molecule has 2 aliphatic rings. The predicted molar refractivity (Wildman–Crippen MR) is 116 cm³/mol. The van der Waals surface area contributed by atoms with E-state index in [2.05, 4.69) is 32.9 Å². The van der Waals surface area contributed by atoms with Gasteiger partial charge >= 0.3 is 6.03 Å². The number of nitrogens with zero attached hydrogens (tertiary/aromatic N) is 3. The number of fused-ring (bicyclic) bond motifs is 1. The van der Waals surface area contributed by atoms with E-state index >= 15 is 0 Å². The summed E-state index contributed by atoms with van der Waals surface area (Å²) in [5.74, 6) is 1.71. The highest BCUT2D eigenvalue weighted by atomic mass is 16.5. The van der Waals surface area contributed by atoms with Crippen molar-refractivity contribution < 1.29 is 14.3 Å². The molecule has 1 aliphatic heterocycles. The number of carbonyl (C=O) groups is 1. The lowest BCUT2D eigenvalue weighted by molar-refractivity contribution is 0.176. The van der Waals surface area contributed by atoms with Crippen molar-refractivity contribution in [3.8, 4) is 11.5 Å². The Labute approximate surface area is 180 Å². The highest BCUT2D eigenvalue weighted by Gasteiger charge is 2.28. The van der Waals surface area contributed by atoms with Crippen LogP contribution < -0.4 is 14.8 Å². The number of urea groups is 1. The van der Waals surface area contributed by atoms with Gasteiger partial charge in [0.1, 0.15) is 11.0 Å². The maximum absolute atomic E-state index is 12.6. The Morgan fingerprint density at radius 3 is 2.84 bits per heavy atom. The molecule has 2 amide bonds. The molecule has 0 bridgehead atoms. The predicted octanol–water partition coefficient (Wildman–Crippen LogP) is 3.60. The highest BCUT2D eigenvalue weighted by Crippen LogP contribution is 2.35. The zero-order chi connectivity index (χ0) is 21.2. The van der Waals surface area contributed by atoms with Crippen molar-refractivity contribution in [1.82, 2.24) is 25.6 Å². The fourth-order valence-corrected chi connectivity index (χ4v) is 4.58. The van der Waals surface area contributed by atoms with Crippen molar-refractivity contribution >= 4 is 17.1 Å². The number of carbonyl (C=O) groups excluding carboxylic acids is 1. The van der Waals surface area contributed by atoms with Gasteiger partial charge in [0, 0.05) is 31.1 Å². The summed E-state index contributed by atoms with van der Waals surface area (Å²) in [6.45, 7) is 1.70. The first kappa shape index (κ1) is 19.7. The molecule has 5 rings (SSSR count). The number of benzene rings is 2. The number of rotatable bonds is 6. The Bertz CT molecular complexity index is 1080. The van der Waals surface area contributed by atoms with Crippen LogP contribution in [-0.2, 0) is 6.54 Å². The minimum Gasteiger partial charge on any atom is -0.493 e. The second kappa shape index (κ2) is 8.45. The minimum absolute atomic E-state index is 0.0623. The molecular weight excluding hydrogens is 394 g/mol. The second-order valence-electron chi connectivity index (χ2n) is 8.31. The van der Waals surface area contributed by atoms with E-state index in [1.54, 1.807) is 7.11 Å². The average molecular weight is 422 g/mol. The summed E-state index contributed by atoms with van der Waals surface area (Å²) in [5, 5.41) is 14.1. The molecule has 0 radical (unpaired) electrons. The Kier molecular flexibility index (Phi) is 5.36. The minimum atomic E-state index is -0.0623. The van der Waals surface area contributed by atoms with Crippen molar-refractivity contribution in [3.05, 3.63) is 47.5 Å². The van der Waals surface area contributed by atoms with Gasteiger partial charge in [0.15, 0.2) is 11.5 Å². The van der Waals surface area contributed by atoms with Crippen molar-refractivity contribution in [3.63, 3.8) is 0 Å². The van der Waals surface area contributed by atoms with Gasteiger partial charge in [-0.1, -0.05) is 18.2 Å². The van der Waals surface area contributed by atoms with E-state index in [1.807, 2.05) is 29.2 Å². The topological polar surface area (TPSA) is 92.4 Å². The number of ether oxygens (including phenoxy) is 2. The van der Waals surface area contributed by atoms with Gasteiger partial charge in [-0.3, -0.25) is 0 Å². The van der Waals surface area contributed by atoms with E-state index in [1.165, 1.54) is 12.8 Å². The van der Waals surface area contributed by atoms with E-state index in [4.69, 9.17) is 9.47 Å². The van der Waals surface area contributed by atoms with Crippen molar-refractivity contribution in [2.24, 2.45) is 0 Å². The lowest BCUT2D eigenvalue weighted by Crippen LogP contribution is -2.49.